The summed E-state index contributed by atoms with van der Waals surface area (Å²) in [7, 11) is 0. The van der Waals surface area contributed by atoms with Crippen LogP contribution in [0.5, 0.6) is 0 Å². The summed E-state index contributed by atoms with van der Waals surface area (Å²) in [5, 5.41) is 23.1. The van der Waals surface area contributed by atoms with Crippen LogP contribution in [0.15, 0.2) is 24.3 Å². The van der Waals surface area contributed by atoms with Gasteiger partial charge in [0.2, 0.25) is 5.91 Å². The topological polar surface area (TPSA) is 69.6 Å². The molecule has 2 unspecified atom stereocenters. The fraction of sp³-hybridized carbons (Fsp3) is 0.898. The van der Waals surface area contributed by atoms with E-state index in [2.05, 4.69) is 31.3 Å². The van der Waals surface area contributed by atoms with Crippen LogP contribution in [-0.2, 0) is 4.79 Å². The molecule has 0 aliphatic heterocycles. The van der Waals surface area contributed by atoms with Gasteiger partial charge in [-0.15, -0.1) is 0 Å². The molecule has 3 N–H and O–H groups in total. The van der Waals surface area contributed by atoms with Gasteiger partial charge in [0, 0.05) is 6.42 Å². The zero-order chi connectivity index (χ0) is 38.6. The third kappa shape index (κ3) is 41.9. The number of hydrogen-bond acceptors (Lipinski definition) is 3. The molecule has 0 saturated heterocycles. The van der Waals surface area contributed by atoms with Crippen LogP contribution in [-0.4, -0.2) is 34.9 Å². The third-order valence-corrected chi connectivity index (χ3v) is 11.2. The molecule has 4 nitrogen and oxygen atoms in total. The summed E-state index contributed by atoms with van der Waals surface area (Å²) in [6.07, 6.45) is 58.7. The summed E-state index contributed by atoms with van der Waals surface area (Å²) in [6, 6.07) is -0.622. The van der Waals surface area contributed by atoms with E-state index in [1.165, 1.54) is 218 Å². The van der Waals surface area contributed by atoms with Gasteiger partial charge in [0.1, 0.15) is 0 Å². The summed E-state index contributed by atoms with van der Waals surface area (Å²) in [4.78, 5) is 12.4. The zero-order valence-corrected chi connectivity index (χ0v) is 36.1. The van der Waals surface area contributed by atoms with Crippen LogP contribution < -0.4 is 5.32 Å². The Labute approximate surface area is 332 Å². The highest BCUT2D eigenvalue weighted by atomic mass is 16.3. The highest BCUT2D eigenvalue weighted by Gasteiger charge is 2.18. The zero-order valence-electron chi connectivity index (χ0n) is 36.1. The first kappa shape index (κ1) is 51.9. The predicted octanol–water partition coefficient (Wildman–Crippen LogP) is 15.2. The summed E-state index contributed by atoms with van der Waals surface area (Å²) in [5.74, 6) is -0.0652. The van der Waals surface area contributed by atoms with Gasteiger partial charge in [-0.05, 0) is 44.9 Å². The van der Waals surface area contributed by atoms with Gasteiger partial charge in [-0.25, -0.2) is 0 Å². The number of carbonyl (C=O) groups is 1. The highest BCUT2D eigenvalue weighted by Crippen LogP contribution is 2.16. The van der Waals surface area contributed by atoms with Crippen molar-refractivity contribution in [3.8, 4) is 0 Å². The van der Waals surface area contributed by atoms with E-state index in [1.807, 2.05) is 6.08 Å². The van der Waals surface area contributed by atoms with Gasteiger partial charge in [0.25, 0.3) is 0 Å². The maximum atomic E-state index is 12.4. The Kier molecular flexibility index (Phi) is 44.3. The predicted molar refractivity (Wildman–Crippen MR) is 235 cm³/mol. The Balaban J connectivity index is 3.53. The second kappa shape index (κ2) is 45.3. The van der Waals surface area contributed by atoms with Gasteiger partial charge in [0.05, 0.1) is 18.8 Å². The van der Waals surface area contributed by atoms with Crippen molar-refractivity contribution in [1.29, 1.82) is 0 Å². The average molecular weight is 746 g/mol. The molecule has 2 atom stereocenters. The van der Waals surface area contributed by atoms with E-state index in [0.717, 1.165) is 25.7 Å². The summed E-state index contributed by atoms with van der Waals surface area (Å²) in [5.41, 5.74) is 0. The van der Waals surface area contributed by atoms with Crippen LogP contribution in [0.1, 0.15) is 264 Å². The van der Waals surface area contributed by atoms with Gasteiger partial charge in [0.15, 0.2) is 0 Å². The van der Waals surface area contributed by atoms with Crippen LogP contribution in [0.2, 0.25) is 0 Å². The van der Waals surface area contributed by atoms with E-state index in [9.17, 15) is 15.0 Å². The molecule has 0 bridgehead atoms. The normalized spacial score (nSPS) is 13.1. The summed E-state index contributed by atoms with van der Waals surface area (Å²) in [6.45, 7) is 4.33. The number of nitrogens with one attached hydrogen (secondary N) is 1. The molecule has 0 aliphatic rings. The minimum Gasteiger partial charge on any atom is -0.394 e. The first-order valence-corrected chi connectivity index (χ1v) is 24.1. The molecule has 0 aromatic heterocycles. The molecule has 0 fully saturated rings. The van der Waals surface area contributed by atoms with Crippen molar-refractivity contribution < 1.29 is 15.0 Å². The Bertz CT molecular complexity index is 765. The Morgan fingerprint density at radius 1 is 0.434 bits per heavy atom. The molecular weight excluding hydrogens is 651 g/mol. The molecular formula is C49H95NO3. The average Bonchev–Trinajstić information content (AvgIpc) is 3.16. The quantitative estimate of drug-likeness (QED) is 0.0430. The van der Waals surface area contributed by atoms with E-state index in [1.54, 1.807) is 6.08 Å². The molecule has 1 amide bonds. The molecule has 0 spiro atoms. The minimum atomic E-state index is -0.839. The lowest BCUT2D eigenvalue weighted by Gasteiger charge is -2.20. The van der Waals surface area contributed by atoms with Crippen LogP contribution in [0, 0.1) is 0 Å². The van der Waals surface area contributed by atoms with Gasteiger partial charge in [-0.1, -0.05) is 237 Å². The number of carbonyl (C=O) groups excluding carboxylic acids is 1. The molecule has 0 aliphatic carbocycles. The number of amides is 1. The van der Waals surface area contributed by atoms with Crippen molar-refractivity contribution in [3.05, 3.63) is 24.3 Å². The minimum absolute atomic E-state index is 0.0652. The number of unbranched alkanes of at least 4 members (excludes halogenated alkanes) is 35. The molecule has 314 valence electrons. The lowest BCUT2D eigenvalue weighted by atomic mass is 10.0. The van der Waals surface area contributed by atoms with Gasteiger partial charge < -0.3 is 15.5 Å². The smallest absolute Gasteiger partial charge is 0.220 e. The van der Waals surface area contributed by atoms with E-state index >= 15 is 0 Å². The van der Waals surface area contributed by atoms with Gasteiger partial charge in [-0.3, -0.25) is 4.79 Å². The highest BCUT2D eigenvalue weighted by molar-refractivity contribution is 5.76. The van der Waals surface area contributed by atoms with Crippen molar-refractivity contribution in [3.63, 3.8) is 0 Å². The molecule has 0 aromatic carbocycles. The fourth-order valence-electron chi connectivity index (χ4n) is 7.47. The number of rotatable bonds is 44. The lowest BCUT2D eigenvalue weighted by molar-refractivity contribution is -0.123. The van der Waals surface area contributed by atoms with E-state index in [4.69, 9.17) is 0 Å². The monoisotopic (exact) mass is 746 g/mol. The Morgan fingerprint density at radius 2 is 0.717 bits per heavy atom. The largest absolute Gasteiger partial charge is 0.394 e. The maximum Gasteiger partial charge on any atom is 0.220 e. The lowest BCUT2D eigenvalue weighted by Crippen LogP contribution is -2.45. The fourth-order valence-corrected chi connectivity index (χ4v) is 7.47. The van der Waals surface area contributed by atoms with E-state index in [0.29, 0.717) is 6.42 Å². The Morgan fingerprint density at radius 3 is 1.04 bits per heavy atom. The van der Waals surface area contributed by atoms with E-state index < -0.39 is 12.1 Å². The van der Waals surface area contributed by atoms with Gasteiger partial charge in [-0.2, -0.15) is 0 Å². The Hall–Kier alpha value is -1.13. The van der Waals surface area contributed by atoms with Crippen LogP contribution in [0.25, 0.3) is 0 Å². The molecule has 0 aromatic rings. The second-order valence-electron chi connectivity index (χ2n) is 16.5. The number of hydrogen-bond donors (Lipinski definition) is 3. The summed E-state index contributed by atoms with van der Waals surface area (Å²) >= 11 is 0. The SMILES string of the molecule is CCCCCCCCCCCCC/C=C\CCCCCCCCCC(=O)NC(CO)C(O)/C=C/CCCCCCCCCCCCCCCCCCC. The number of aliphatic hydroxyl groups is 2. The van der Waals surface area contributed by atoms with Crippen molar-refractivity contribution in [2.75, 3.05) is 6.61 Å². The van der Waals surface area contributed by atoms with Crippen LogP contribution in [0.3, 0.4) is 0 Å². The molecule has 4 heteroatoms. The first-order valence-electron chi connectivity index (χ1n) is 24.1. The van der Waals surface area contributed by atoms with Crippen LogP contribution >= 0.6 is 0 Å². The van der Waals surface area contributed by atoms with Crippen LogP contribution in [0.4, 0.5) is 0 Å². The van der Waals surface area contributed by atoms with Crippen molar-refractivity contribution in [1.82, 2.24) is 5.32 Å². The molecule has 0 rings (SSSR count). The van der Waals surface area contributed by atoms with Crippen molar-refractivity contribution in [2.24, 2.45) is 0 Å². The standard InChI is InChI=1S/C49H95NO3/c1-3-5-7-9-11-13-15-17-19-21-23-24-25-27-29-31-33-35-37-39-41-43-45-49(53)50-47(46-51)48(52)44-42-40-38-36-34-32-30-28-26-22-20-18-16-14-12-10-8-6-4-2/h25,27,42,44,47-48,51-52H,3-24,26,28-41,43,45-46H2,1-2H3,(H,50,53)/b27-25-,44-42+. The molecule has 0 heterocycles. The number of aliphatic hydroxyl groups excluding tert-OH is 2. The van der Waals surface area contributed by atoms with Crippen molar-refractivity contribution in [2.45, 2.75) is 276 Å². The first-order chi connectivity index (χ1) is 26.2. The second-order valence-corrected chi connectivity index (χ2v) is 16.5. The molecule has 0 radical (unpaired) electrons. The summed E-state index contributed by atoms with van der Waals surface area (Å²) < 4.78 is 0. The maximum absolute atomic E-state index is 12.4. The molecule has 0 saturated carbocycles. The third-order valence-electron chi connectivity index (χ3n) is 11.2. The molecule has 53 heavy (non-hydrogen) atoms. The van der Waals surface area contributed by atoms with Gasteiger partial charge >= 0.3 is 0 Å². The number of allylic oxidation sites excluding steroid dienone is 3. The van der Waals surface area contributed by atoms with E-state index in [-0.39, 0.29) is 12.5 Å². The van der Waals surface area contributed by atoms with Crippen molar-refractivity contribution >= 4 is 5.91 Å².